The molecule has 1 aromatic heterocycles. The van der Waals surface area contributed by atoms with Crippen LogP contribution in [-0.2, 0) is 0 Å². The lowest BCUT2D eigenvalue weighted by atomic mass is 11.0. The molecule has 1 heterocycles. The lowest BCUT2D eigenvalue weighted by Gasteiger charge is -1.95. The Morgan fingerprint density at radius 2 is 1.10 bits per heavy atom. The molecule has 0 aliphatic carbocycles. The minimum absolute atomic E-state index is 0.138. The van der Waals surface area contributed by atoms with Crippen LogP contribution < -0.4 is 22.5 Å². The van der Waals surface area contributed by atoms with Crippen molar-refractivity contribution in [3.63, 3.8) is 0 Å². The van der Waals surface area contributed by atoms with Gasteiger partial charge in [-0.2, -0.15) is 0 Å². The monoisotopic (exact) mass is 142 g/mol. The first-order chi connectivity index (χ1) is 4.86. The van der Waals surface area contributed by atoms with Crippen molar-refractivity contribution in [1.29, 1.82) is 0 Å². The summed E-state index contributed by atoms with van der Waals surface area (Å²) in [6, 6.07) is 0. The number of nitrogen functional groups attached to an aromatic ring is 2. The van der Waals surface area contributed by atoms with E-state index in [0.717, 1.165) is 0 Å². The normalized spacial score (nSPS) is 9.00. The fourth-order valence-corrected chi connectivity index (χ4v) is 0.345. The number of aromatic nitrogens is 4. The predicted octanol–water partition coefficient (Wildman–Crippen LogP) is -2.16. The number of rotatable bonds is 2. The van der Waals surface area contributed by atoms with Gasteiger partial charge in [-0.1, -0.05) is 0 Å². The lowest BCUT2D eigenvalue weighted by molar-refractivity contribution is 0.856. The zero-order valence-electron chi connectivity index (χ0n) is 4.94. The van der Waals surface area contributed by atoms with E-state index in [0.29, 0.717) is 0 Å². The van der Waals surface area contributed by atoms with Crippen molar-refractivity contribution in [1.82, 2.24) is 20.4 Å². The summed E-state index contributed by atoms with van der Waals surface area (Å²) >= 11 is 0. The average molecular weight is 142 g/mol. The second-order valence-electron chi connectivity index (χ2n) is 1.34. The van der Waals surface area contributed by atoms with Gasteiger partial charge >= 0.3 is 0 Å². The van der Waals surface area contributed by atoms with Crippen LogP contribution in [0.2, 0.25) is 0 Å². The maximum Gasteiger partial charge on any atom is 0.276 e. The van der Waals surface area contributed by atoms with Crippen LogP contribution in [0.15, 0.2) is 0 Å². The number of nitrogens with two attached hydrogens (primary N) is 2. The van der Waals surface area contributed by atoms with Gasteiger partial charge in [-0.15, -0.1) is 20.4 Å². The maximum atomic E-state index is 4.93. The van der Waals surface area contributed by atoms with Crippen LogP contribution in [-0.4, -0.2) is 20.4 Å². The van der Waals surface area contributed by atoms with E-state index in [2.05, 4.69) is 31.2 Å². The molecular formula is C2H6N8. The summed E-state index contributed by atoms with van der Waals surface area (Å²) in [5, 5.41) is 13.9. The van der Waals surface area contributed by atoms with Gasteiger partial charge in [0.1, 0.15) is 0 Å². The number of nitrogens with one attached hydrogen (secondary N) is 2. The summed E-state index contributed by atoms with van der Waals surface area (Å²) in [4.78, 5) is 0. The van der Waals surface area contributed by atoms with Crippen LogP contribution in [0, 0.1) is 0 Å². The number of hydrogen-bond acceptors (Lipinski definition) is 8. The Bertz CT molecular complexity index is 168. The van der Waals surface area contributed by atoms with Crippen LogP contribution in [0.1, 0.15) is 0 Å². The minimum Gasteiger partial charge on any atom is -0.290 e. The molecule has 1 rings (SSSR count). The fraction of sp³-hybridized carbons (Fsp3) is 0. The number of nitrogens with zero attached hydrogens (tertiary/aromatic N) is 4. The molecule has 8 heteroatoms. The Labute approximate surface area is 56.0 Å². The van der Waals surface area contributed by atoms with Crippen molar-refractivity contribution in [3.05, 3.63) is 0 Å². The summed E-state index contributed by atoms with van der Waals surface area (Å²) in [6.07, 6.45) is 0. The maximum absolute atomic E-state index is 4.93. The van der Waals surface area contributed by atoms with E-state index in [9.17, 15) is 0 Å². The quantitative estimate of drug-likeness (QED) is 0.271. The molecule has 54 valence electrons. The summed E-state index contributed by atoms with van der Waals surface area (Å²) in [6.45, 7) is 0. The third kappa shape index (κ3) is 1.24. The fourth-order valence-electron chi connectivity index (χ4n) is 0.345. The molecule has 0 saturated carbocycles. The van der Waals surface area contributed by atoms with Gasteiger partial charge in [0.25, 0.3) is 11.9 Å². The van der Waals surface area contributed by atoms with Crippen LogP contribution in [0.4, 0.5) is 11.9 Å². The van der Waals surface area contributed by atoms with E-state index in [1.807, 2.05) is 0 Å². The van der Waals surface area contributed by atoms with Gasteiger partial charge in [0.05, 0.1) is 0 Å². The van der Waals surface area contributed by atoms with Crippen molar-refractivity contribution in [2.75, 3.05) is 10.9 Å². The van der Waals surface area contributed by atoms with Gasteiger partial charge in [0.2, 0.25) is 0 Å². The van der Waals surface area contributed by atoms with E-state index in [1.54, 1.807) is 0 Å². The van der Waals surface area contributed by atoms with Crippen LogP contribution >= 0.6 is 0 Å². The standard InChI is InChI=1S/C2H6N8/c3-5-1-7-9-2(6-4)10-8-1/h3-4H2,(H,5,7,8)(H,6,9,10). The van der Waals surface area contributed by atoms with Crippen LogP contribution in [0.25, 0.3) is 0 Å². The molecule has 0 spiro atoms. The minimum atomic E-state index is 0.138. The van der Waals surface area contributed by atoms with E-state index in [1.165, 1.54) is 0 Å². The zero-order chi connectivity index (χ0) is 7.40. The Morgan fingerprint density at radius 1 is 0.800 bits per heavy atom. The molecule has 0 saturated heterocycles. The third-order valence-corrected chi connectivity index (χ3v) is 0.737. The van der Waals surface area contributed by atoms with Crippen LogP contribution in [0.5, 0.6) is 0 Å². The Hall–Kier alpha value is -1.54. The topological polar surface area (TPSA) is 128 Å². The average Bonchev–Trinajstić information content (AvgIpc) is 2.05. The highest BCUT2D eigenvalue weighted by Gasteiger charge is 1.94. The molecule has 0 fully saturated rings. The van der Waals surface area contributed by atoms with Gasteiger partial charge in [0, 0.05) is 0 Å². The van der Waals surface area contributed by atoms with Crippen molar-refractivity contribution < 1.29 is 0 Å². The number of hydrazine groups is 2. The highest BCUT2D eigenvalue weighted by Crippen LogP contribution is 1.90. The van der Waals surface area contributed by atoms with Crippen molar-refractivity contribution in [2.45, 2.75) is 0 Å². The van der Waals surface area contributed by atoms with E-state index in [-0.39, 0.29) is 11.9 Å². The van der Waals surface area contributed by atoms with Gasteiger partial charge in [-0.25, -0.2) is 11.7 Å². The molecule has 0 aromatic carbocycles. The smallest absolute Gasteiger partial charge is 0.276 e. The summed E-state index contributed by atoms with van der Waals surface area (Å²) in [7, 11) is 0. The van der Waals surface area contributed by atoms with E-state index < -0.39 is 0 Å². The summed E-state index contributed by atoms with van der Waals surface area (Å²) in [5.74, 6) is 10.1. The molecule has 0 bridgehead atoms. The molecule has 0 aliphatic rings. The van der Waals surface area contributed by atoms with E-state index >= 15 is 0 Å². The second kappa shape index (κ2) is 2.85. The van der Waals surface area contributed by atoms with Crippen molar-refractivity contribution >= 4 is 11.9 Å². The van der Waals surface area contributed by atoms with Gasteiger partial charge in [0.15, 0.2) is 0 Å². The molecule has 0 unspecified atom stereocenters. The Balaban J connectivity index is 2.80. The molecule has 0 radical (unpaired) electrons. The first kappa shape index (κ1) is 6.58. The third-order valence-electron chi connectivity index (χ3n) is 0.737. The lowest BCUT2D eigenvalue weighted by Crippen LogP contribution is -2.16. The first-order valence-corrected chi connectivity index (χ1v) is 2.37. The van der Waals surface area contributed by atoms with Crippen LogP contribution in [0.3, 0.4) is 0 Å². The number of hydrogen-bond donors (Lipinski definition) is 4. The first-order valence-electron chi connectivity index (χ1n) is 2.37. The molecule has 0 atom stereocenters. The summed E-state index contributed by atoms with van der Waals surface area (Å²) in [5.41, 5.74) is 4.32. The molecule has 6 N–H and O–H groups in total. The molecular weight excluding hydrogens is 136 g/mol. The van der Waals surface area contributed by atoms with Crippen molar-refractivity contribution in [2.24, 2.45) is 11.7 Å². The zero-order valence-corrected chi connectivity index (χ0v) is 4.94. The van der Waals surface area contributed by atoms with Gasteiger partial charge < -0.3 is 0 Å². The Morgan fingerprint density at radius 3 is 1.30 bits per heavy atom. The largest absolute Gasteiger partial charge is 0.290 e. The predicted molar refractivity (Wildman–Crippen MR) is 33.2 cm³/mol. The molecule has 1 aromatic rings. The van der Waals surface area contributed by atoms with E-state index in [4.69, 9.17) is 11.7 Å². The molecule has 10 heavy (non-hydrogen) atoms. The SMILES string of the molecule is NNc1nnc(NN)nn1. The highest BCUT2D eigenvalue weighted by atomic mass is 15.5. The Kier molecular flexibility index (Phi) is 1.87. The highest BCUT2D eigenvalue weighted by molar-refractivity contribution is 5.21. The van der Waals surface area contributed by atoms with Gasteiger partial charge in [-0.3, -0.25) is 10.9 Å². The summed E-state index contributed by atoms with van der Waals surface area (Å²) < 4.78 is 0. The molecule has 0 aliphatic heterocycles. The molecule has 0 amide bonds. The number of anilines is 2. The van der Waals surface area contributed by atoms with Crippen molar-refractivity contribution in [3.8, 4) is 0 Å². The molecule has 8 nitrogen and oxygen atoms in total. The second-order valence-corrected chi connectivity index (χ2v) is 1.34. The van der Waals surface area contributed by atoms with Gasteiger partial charge in [-0.05, 0) is 0 Å².